The van der Waals surface area contributed by atoms with Crippen LogP contribution in [0.3, 0.4) is 0 Å². The number of halogens is 1. The van der Waals surface area contributed by atoms with E-state index in [-0.39, 0.29) is 5.41 Å². The molecule has 0 saturated carbocycles. The van der Waals surface area contributed by atoms with Crippen LogP contribution in [0.15, 0.2) is 39.8 Å². The highest BCUT2D eigenvalue weighted by Gasteiger charge is 2.17. The van der Waals surface area contributed by atoms with Crippen molar-refractivity contribution in [2.45, 2.75) is 47.0 Å². The Morgan fingerprint density at radius 1 is 1.08 bits per heavy atom. The van der Waals surface area contributed by atoms with Crippen LogP contribution < -0.4 is 0 Å². The fraction of sp³-hybridized carbons (Fsp3) is 0.409. The zero-order valence-electron chi connectivity index (χ0n) is 16.4. The normalized spacial score (nSPS) is 12.0. The van der Waals surface area contributed by atoms with Crippen LogP contribution in [0.4, 0.5) is 5.69 Å². The lowest BCUT2D eigenvalue weighted by Crippen LogP contribution is -2.14. The molecule has 0 aromatic heterocycles. The standard InChI is InChI=1S/C22H29BrN2/c1-8-25(7)14-24-21-12-15(2)18(11-16(21)3)17-9-10-19(20(23)13-17)22(4,5)6/h9-14H,8H2,1-7H3. The molecule has 0 atom stereocenters. The maximum atomic E-state index is 4.63. The summed E-state index contributed by atoms with van der Waals surface area (Å²) in [6, 6.07) is 11.1. The topological polar surface area (TPSA) is 15.6 Å². The number of hydrogen-bond donors (Lipinski definition) is 0. The van der Waals surface area contributed by atoms with Gasteiger partial charge in [-0.1, -0.05) is 48.8 Å². The van der Waals surface area contributed by atoms with Gasteiger partial charge in [0.15, 0.2) is 0 Å². The zero-order valence-corrected chi connectivity index (χ0v) is 18.0. The van der Waals surface area contributed by atoms with Crippen LogP contribution in [-0.4, -0.2) is 24.8 Å². The van der Waals surface area contributed by atoms with E-state index in [0.717, 1.165) is 12.2 Å². The number of aryl methyl sites for hydroxylation is 2. The molecule has 0 aliphatic heterocycles. The summed E-state index contributed by atoms with van der Waals surface area (Å²) in [5.41, 5.74) is 7.43. The Kier molecular flexibility index (Phi) is 6.10. The molecule has 0 spiro atoms. The molecule has 0 heterocycles. The molecule has 25 heavy (non-hydrogen) atoms. The molecule has 2 aromatic rings. The minimum absolute atomic E-state index is 0.131. The highest BCUT2D eigenvalue weighted by molar-refractivity contribution is 9.10. The molecule has 134 valence electrons. The van der Waals surface area contributed by atoms with Crippen molar-refractivity contribution in [1.29, 1.82) is 0 Å². The maximum Gasteiger partial charge on any atom is 0.0909 e. The number of benzene rings is 2. The van der Waals surface area contributed by atoms with E-state index < -0.39 is 0 Å². The average Bonchev–Trinajstić information content (AvgIpc) is 2.53. The predicted molar refractivity (Wildman–Crippen MR) is 114 cm³/mol. The lowest BCUT2D eigenvalue weighted by atomic mass is 9.86. The lowest BCUT2D eigenvalue weighted by molar-refractivity contribution is 0.552. The van der Waals surface area contributed by atoms with Gasteiger partial charge in [-0.05, 0) is 72.2 Å². The molecule has 0 fully saturated rings. The van der Waals surface area contributed by atoms with Gasteiger partial charge in [0.05, 0.1) is 12.0 Å². The summed E-state index contributed by atoms with van der Waals surface area (Å²) >= 11 is 3.76. The van der Waals surface area contributed by atoms with E-state index in [1.54, 1.807) is 0 Å². The predicted octanol–water partition coefficient (Wildman–Crippen LogP) is 6.64. The van der Waals surface area contributed by atoms with Crippen molar-refractivity contribution >= 4 is 28.0 Å². The number of aliphatic imine (C=N–C) groups is 1. The second-order valence-electron chi connectivity index (χ2n) is 7.72. The first-order valence-electron chi connectivity index (χ1n) is 8.79. The van der Waals surface area contributed by atoms with Crippen molar-refractivity contribution in [1.82, 2.24) is 4.90 Å². The highest BCUT2D eigenvalue weighted by atomic mass is 79.9. The summed E-state index contributed by atoms with van der Waals surface area (Å²) < 4.78 is 1.17. The average molecular weight is 401 g/mol. The highest BCUT2D eigenvalue weighted by Crippen LogP contribution is 2.36. The van der Waals surface area contributed by atoms with Gasteiger partial charge in [-0.3, -0.25) is 0 Å². The minimum atomic E-state index is 0.131. The Morgan fingerprint density at radius 2 is 1.76 bits per heavy atom. The van der Waals surface area contributed by atoms with Crippen LogP contribution in [0.1, 0.15) is 44.4 Å². The second-order valence-corrected chi connectivity index (χ2v) is 8.57. The molecule has 3 heteroatoms. The van der Waals surface area contributed by atoms with Gasteiger partial charge in [-0.25, -0.2) is 4.99 Å². The molecule has 2 rings (SSSR count). The summed E-state index contributed by atoms with van der Waals surface area (Å²) in [5.74, 6) is 0. The Labute approximate surface area is 161 Å². The van der Waals surface area contributed by atoms with Gasteiger partial charge in [0.2, 0.25) is 0 Å². The molecule has 0 N–H and O–H groups in total. The summed E-state index contributed by atoms with van der Waals surface area (Å²) in [6.07, 6.45) is 1.90. The monoisotopic (exact) mass is 400 g/mol. The molecule has 2 aromatic carbocycles. The SMILES string of the molecule is CCN(C)C=Nc1cc(C)c(-c2ccc(C(C)(C)C)c(Br)c2)cc1C. The van der Waals surface area contributed by atoms with Gasteiger partial charge in [-0.15, -0.1) is 0 Å². The van der Waals surface area contributed by atoms with E-state index in [1.165, 1.54) is 32.3 Å². The Morgan fingerprint density at radius 3 is 2.32 bits per heavy atom. The van der Waals surface area contributed by atoms with Crippen molar-refractivity contribution < 1.29 is 0 Å². The van der Waals surface area contributed by atoms with E-state index in [2.05, 4.69) is 97.7 Å². The number of nitrogens with zero attached hydrogens (tertiary/aromatic N) is 2. The molecule has 0 aliphatic carbocycles. The van der Waals surface area contributed by atoms with Gasteiger partial charge in [-0.2, -0.15) is 0 Å². The van der Waals surface area contributed by atoms with Crippen LogP contribution in [-0.2, 0) is 5.41 Å². The zero-order chi connectivity index (χ0) is 18.8. The van der Waals surface area contributed by atoms with E-state index in [9.17, 15) is 0 Å². The maximum absolute atomic E-state index is 4.63. The first-order chi connectivity index (χ1) is 11.6. The Hall–Kier alpha value is -1.61. The molecular formula is C22H29BrN2. The fourth-order valence-corrected chi connectivity index (χ4v) is 3.76. The van der Waals surface area contributed by atoms with Crippen LogP contribution in [0, 0.1) is 13.8 Å². The van der Waals surface area contributed by atoms with E-state index in [4.69, 9.17) is 0 Å². The van der Waals surface area contributed by atoms with Gasteiger partial charge in [0.1, 0.15) is 0 Å². The first kappa shape index (κ1) is 19.7. The molecule has 0 radical (unpaired) electrons. The molecule has 0 saturated heterocycles. The van der Waals surface area contributed by atoms with Gasteiger partial charge >= 0.3 is 0 Å². The molecule has 2 nitrogen and oxygen atoms in total. The third kappa shape index (κ3) is 4.72. The first-order valence-corrected chi connectivity index (χ1v) is 9.59. The van der Waals surface area contributed by atoms with Crippen molar-refractivity contribution in [3.63, 3.8) is 0 Å². The molecule has 0 unspecified atom stereocenters. The van der Waals surface area contributed by atoms with Crippen LogP contribution in [0.25, 0.3) is 11.1 Å². The van der Waals surface area contributed by atoms with Gasteiger partial charge in [0.25, 0.3) is 0 Å². The number of hydrogen-bond acceptors (Lipinski definition) is 1. The van der Waals surface area contributed by atoms with E-state index in [0.29, 0.717) is 0 Å². The minimum Gasteiger partial charge on any atom is -0.366 e. The molecule has 0 aliphatic rings. The van der Waals surface area contributed by atoms with Crippen LogP contribution in [0.2, 0.25) is 0 Å². The Bertz CT molecular complexity index is 785. The van der Waals surface area contributed by atoms with Gasteiger partial charge < -0.3 is 4.90 Å². The third-order valence-electron chi connectivity index (χ3n) is 4.52. The summed E-state index contributed by atoms with van der Waals surface area (Å²) in [4.78, 5) is 6.70. The van der Waals surface area contributed by atoms with Crippen molar-refractivity contribution in [2.75, 3.05) is 13.6 Å². The van der Waals surface area contributed by atoms with Crippen molar-refractivity contribution in [3.05, 3.63) is 51.5 Å². The fourth-order valence-electron chi connectivity index (χ4n) is 2.78. The van der Waals surface area contributed by atoms with E-state index in [1.807, 2.05) is 13.4 Å². The summed E-state index contributed by atoms with van der Waals surface area (Å²) in [6.45, 7) is 14.1. The van der Waals surface area contributed by atoms with Gasteiger partial charge in [0, 0.05) is 18.1 Å². The molecule has 0 amide bonds. The number of rotatable bonds is 4. The molecular weight excluding hydrogens is 372 g/mol. The largest absolute Gasteiger partial charge is 0.366 e. The van der Waals surface area contributed by atoms with E-state index >= 15 is 0 Å². The smallest absolute Gasteiger partial charge is 0.0909 e. The van der Waals surface area contributed by atoms with Crippen molar-refractivity contribution in [3.8, 4) is 11.1 Å². The van der Waals surface area contributed by atoms with Crippen molar-refractivity contribution in [2.24, 2.45) is 4.99 Å². The summed E-state index contributed by atoms with van der Waals surface area (Å²) in [7, 11) is 2.04. The summed E-state index contributed by atoms with van der Waals surface area (Å²) in [5, 5.41) is 0. The second kappa shape index (κ2) is 7.74. The Balaban J connectivity index is 2.43. The lowest BCUT2D eigenvalue weighted by Gasteiger charge is -2.21. The van der Waals surface area contributed by atoms with Crippen LogP contribution >= 0.6 is 15.9 Å². The molecule has 0 bridgehead atoms. The third-order valence-corrected chi connectivity index (χ3v) is 5.18. The van der Waals surface area contributed by atoms with Crippen LogP contribution in [0.5, 0.6) is 0 Å². The quantitative estimate of drug-likeness (QED) is 0.414.